The van der Waals surface area contributed by atoms with Crippen LogP contribution in [0.2, 0.25) is 5.02 Å². The molecule has 1 aliphatic carbocycles. The highest BCUT2D eigenvalue weighted by molar-refractivity contribution is 7.98. The average Bonchev–Trinajstić information content (AvgIpc) is 3.17. The largest absolute Gasteiger partial charge is 0.481 e. The topological polar surface area (TPSA) is 112 Å². The first kappa shape index (κ1) is 27.8. The maximum atomic E-state index is 9.64. The first-order chi connectivity index (χ1) is 16.9. The van der Waals surface area contributed by atoms with Crippen LogP contribution in [-0.2, 0) is 28.2 Å². The molecule has 0 amide bonds. The standard InChI is InChI=1S/C21H28ClN3S2.C4H6O4/c22-19-7-6-16-8-10-23-11-9-18(16)20(19)26-14-17-13-25-21(27-17)24-12-15-4-2-1-3-5-15;5-3(6)1-2-4(7)8/h6-7,13,15,23H,1-5,8-12,14H2,(H,24,25);1-2H2,(H,5,6)(H,7,8). The highest BCUT2D eigenvalue weighted by Gasteiger charge is 2.17. The Balaban J connectivity index is 0.000000371. The molecular formula is C25H34ClN3O4S2. The van der Waals surface area contributed by atoms with E-state index >= 15 is 0 Å². The van der Waals surface area contributed by atoms with Crippen LogP contribution < -0.4 is 10.6 Å². The summed E-state index contributed by atoms with van der Waals surface area (Å²) in [6.45, 7) is 3.17. The zero-order valence-corrected chi connectivity index (χ0v) is 22.2. The lowest BCUT2D eigenvalue weighted by Crippen LogP contribution is -2.16. The van der Waals surface area contributed by atoms with Gasteiger partial charge >= 0.3 is 11.9 Å². The van der Waals surface area contributed by atoms with Crippen LogP contribution in [0.4, 0.5) is 5.13 Å². The third kappa shape index (κ3) is 9.63. The molecule has 0 radical (unpaired) electrons. The van der Waals surface area contributed by atoms with Gasteiger partial charge in [-0.05, 0) is 61.9 Å². The number of carbonyl (C=O) groups is 2. The van der Waals surface area contributed by atoms with Crippen LogP contribution in [0.25, 0.3) is 0 Å². The van der Waals surface area contributed by atoms with Crippen molar-refractivity contribution in [3.05, 3.63) is 39.4 Å². The number of aromatic nitrogens is 1. The van der Waals surface area contributed by atoms with E-state index in [4.69, 9.17) is 21.8 Å². The van der Waals surface area contributed by atoms with Crippen LogP contribution >= 0.6 is 34.7 Å². The summed E-state index contributed by atoms with van der Waals surface area (Å²) < 4.78 is 0. The molecule has 0 saturated heterocycles. The number of thioether (sulfide) groups is 1. The van der Waals surface area contributed by atoms with Gasteiger partial charge in [0.25, 0.3) is 0 Å². The van der Waals surface area contributed by atoms with E-state index in [1.54, 1.807) is 11.3 Å². The van der Waals surface area contributed by atoms with Gasteiger partial charge in [-0.3, -0.25) is 9.59 Å². The van der Waals surface area contributed by atoms with Gasteiger partial charge in [0.1, 0.15) is 0 Å². The van der Waals surface area contributed by atoms with E-state index < -0.39 is 11.9 Å². The Bertz CT molecular complexity index is 966. The summed E-state index contributed by atoms with van der Waals surface area (Å²) in [4.78, 5) is 26.4. The van der Waals surface area contributed by atoms with Crippen molar-refractivity contribution in [1.82, 2.24) is 10.3 Å². The number of benzene rings is 1. The molecule has 1 fully saturated rings. The summed E-state index contributed by atoms with van der Waals surface area (Å²) in [5, 5.41) is 24.8. The molecule has 0 atom stereocenters. The first-order valence-corrected chi connectivity index (χ1v) is 14.4. The lowest BCUT2D eigenvalue weighted by Gasteiger charge is -2.21. The minimum absolute atomic E-state index is 0.296. The zero-order chi connectivity index (χ0) is 25.0. The number of hydrogen-bond donors (Lipinski definition) is 4. The lowest BCUT2D eigenvalue weighted by atomic mass is 9.89. The van der Waals surface area contributed by atoms with Crippen LogP contribution in [0.15, 0.2) is 23.2 Å². The van der Waals surface area contributed by atoms with Gasteiger partial charge in [0.05, 0.1) is 17.9 Å². The van der Waals surface area contributed by atoms with Crippen molar-refractivity contribution in [2.24, 2.45) is 5.92 Å². The van der Waals surface area contributed by atoms with Crippen molar-refractivity contribution in [2.75, 3.05) is 25.0 Å². The van der Waals surface area contributed by atoms with Gasteiger partial charge in [0.15, 0.2) is 5.13 Å². The third-order valence-electron chi connectivity index (χ3n) is 6.16. The molecule has 4 N–H and O–H groups in total. The number of anilines is 1. The molecular weight excluding hydrogens is 506 g/mol. The minimum atomic E-state index is -1.08. The molecule has 4 rings (SSSR count). The van der Waals surface area contributed by atoms with E-state index in [9.17, 15) is 9.59 Å². The van der Waals surface area contributed by atoms with Crippen molar-refractivity contribution < 1.29 is 19.8 Å². The zero-order valence-electron chi connectivity index (χ0n) is 19.9. The molecule has 1 aliphatic heterocycles. The Morgan fingerprint density at radius 2 is 1.83 bits per heavy atom. The van der Waals surface area contributed by atoms with Crippen molar-refractivity contribution in [3.63, 3.8) is 0 Å². The number of halogens is 1. The summed E-state index contributed by atoms with van der Waals surface area (Å²) in [7, 11) is 0. The molecule has 2 heterocycles. The Kier molecular flexibility index (Phi) is 11.6. The Labute approximate surface area is 220 Å². The fraction of sp³-hybridized carbons (Fsp3) is 0.560. The number of carboxylic acid groups (broad SMARTS) is 2. The van der Waals surface area contributed by atoms with Crippen molar-refractivity contribution >= 4 is 51.8 Å². The van der Waals surface area contributed by atoms with Gasteiger partial charge < -0.3 is 20.8 Å². The normalized spacial score (nSPS) is 15.9. The van der Waals surface area contributed by atoms with E-state index in [1.807, 2.05) is 18.0 Å². The summed E-state index contributed by atoms with van der Waals surface area (Å²) in [6, 6.07) is 4.27. The smallest absolute Gasteiger partial charge is 0.303 e. The van der Waals surface area contributed by atoms with Crippen LogP contribution in [0.5, 0.6) is 0 Å². The number of aliphatic carboxylic acids is 2. The SMILES string of the molecule is Clc1ccc2c(c1SCc1cnc(NCC3CCCCC3)s1)CCNCC2.O=C(O)CCC(=O)O. The second kappa shape index (κ2) is 14.7. The minimum Gasteiger partial charge on any atom is -0.481 e. The molecule has 2 aliphatic rings. The van der Waals surface area contributed by atoms with Gasteiger partial charge in [0.2, 0.25) is 0 Å². The van der Waals surface area contributed by atoms with E-state index in [2.05, 4.69) is 27.8 Å². The second-order valence-electron chi connectivity index (χ2n) is 8.86. The van der Waals surface area contributed by atoms with Crippen LogP contribution in [0.3, 0.4) is 0 Å². The van der Waals surface area contributed by atoms with Crippen molar-refractivity contribution in [3.8, 4) is 0 Å². The molecule has 2 aromatic rings. The second-order valence-corrected chi connectivity index (χ2v) is 11.4. The molecule has 7 nitrogen and oxygen atoms in total. The maximum absolute atomic E-state index is 9.64. The van der Waals surface area contributed by atoms with Crippen molar-refractivity contribution in [1.29, 1.82) is 0 Å². The molecule has 0 spiro atoms. The van der Waals surface area contributed by atoms with E-state index in [0.29, 0.717) is 0 Å². The fourth-order valence-electron chi connectivity index (χ4n) is 4.30. The average molecular weight is 540 g/mol. The number of nitrogens with one attached hydrogen (secondary N) is 2. The summed E-state index contributed by atoms with van der Waals surface area (Å²) in [5.74, 6) is -0.390. The molecule has 1 aromatic carbocycles. The van der Waals surface area contributed by atoms with Crippen LogP contribution in [-0.4, -0.2) is 46.8 Å². The van der Waals surface area contributed by atoms with Crippen LogP contribution in [0.1, 0.15) is 60.9 Å². The Morgan fingerprint density at radius 3 is 2.54 bits per heavy atom. The van der Waals surface area contributed by atoms with E-state index in [1.165, 1.54) is 53.0 Å². The quantitative estimate of drug-likeness (QED) is 0.300. The molecule has 0 unspecified atom stereocenters. The number of hydrogen-bond acceptors (Lipinski definition) is 7. The maximum Gasteiger partial charge on any atom is 0.303 e. The Hall–Kier alpha value is -1.81. The summed E-state index contributed by atoms with van der Waals surface area (Å²) in [6.07, 6.45) is 10.5. The molecule has 192 valence electrons. The predicted octanol–water partition coefficient (Wildman–Crippen LogP) is 5.71. The van der Waals surface area contributed by atoms with E-state index in [0.717, 1.165) is 54.3 Å². The van der Waals surface area contributed by atoms with Crippen LogP contribution in [0, 0.1) is 5.92 Å². The van der Waals surface area contributed by atoms with E-state index in [-0.39, 0.29) is 12.8 Å². The van der Waals surface area contributed by atoms with Gasteiger partial charge in [0, 0.05) is 28.3 Å². The number of rotatable bonds is 9. The Morgan fingerprint density at radius 1 is 1.11 bits per heavy atom. The number of nitrogens with zero attached hydrogens (tertiary/aromatic N) is 1. The van der Waals surface area contributed by atoms with Gasteiger partial charge in [-0.1, -0.05) is 36.9 Å². The van der Waals surface area contributed by atoms with Gasteiger partial charge in [-0.2, -0.15) is 0 Å². The summed E-state index contributed by atoms with van der Waals surface area (Å²) >= 11 is 10.2. The first-order valence-electron chi connectivity index (χ1n) is 12.2. The molecule has 1 aromatic heterocycles. The van der Waals surface area contributed by atoms with Gasteiger partial charge in [-0.25, -0.2) is 4.98 Å². The fourth-order valence-corrected chi connectivity index (χ4v) is 6.64. The number of carboxylic acids is 2. The highest BCUT2D eigenvalue weighted by atomic mass is 35.5. The third-order valence-corrected chi connectivity index (χ3v) is 8.94. The molecule has 10 heteroatoms. The van der Waals surface area contributed by atoms with Gasteiger partial charge in [-0.15, -0.1) is 23.1 Å². The molecule has 35 heavy (non-hydrogen) atoms. The lowest BCUT2D eigenvalue weighted by molar-refractivity contribution is -0.143. The van der Waals surface area contributed by atoms with Crippen molar-refractivity contribution in [2.45, 2.75) is 68.4 Å². The number of fused-ring (bicyclic) bond motifs is 1. The molecule has 1 saturated carbocycles. The predicted molar refractivity (Wildman–Crippen MR) is 143 cm³/mol. The summed E-state index contributed by atoms with van der Waals surface area (Å²) in [5.41, 5.74) is 2.89. The molecule has 0 bridgehead atoms. The highest BCUT2D eigenvalue weighted by Crippen LogP contribution is 2.37. The monoisotopic (exact) mass is 539 g/mol. The number of thiazole rings is 1.